The summed E-state index contributed by atoms with van der Waals surface area (Å²) in [6.45, 7) is 1.97. The summed E-state index contributed by atoms with van der Waals surface area (Å²) in [5.41, 5.74) is 3.57. The van der Waals surface area contributed by atoms with Crippen LogP contribution in [0.25, 0.3) is 0 Å². The van der Waals surface area contributed by atoms with Gasteiger partial charge in [0.1, 0.15) is 4.90 Å². The van der Waals surface area contributed by atoms with Crippen molar-refractivity contribution in [1.29, 1.82) is 0 Å². The van der Waals surface area contributed by atoms with Gasteiger partial charge in [0.05, 0.1) is 10.0 Å². The zero-order chi connectivity index (χ0) is 12.8. The van der Waals surface area contributed by atoms with Crippen molar-refractivity contribution in [3.63, 3.8) is 0 Å². The number of sulfonamides is 1. The van der Waals surface area contributed by atoms with Gasteiger partial charge >= 0.3 is 0 Å². The molecule has 1 atom stereocenters. The van der Waals surface area contributed by atoms with Gasteiger partial charge in [0.2, 0.25) is 0 Å². The fourth-order valence-electron chi connectivity index (χ4n) is 1.89. The van der Waals surface area contributed by atoms with Crippen LogP contribution in [0.5, 0.6) is 0 Å². The second-order valence-electron chi connectivity index (χ2n) is 3.84. The second-order valence-corrected chi connectivity index (χ2v) is 6.53. The van der Waals surface area contributed by atoms with Crippen LogP contribution in [-0.2, 0) is 10.0 Å². The van der Waals surface area contributed by atoms with Gasteiger partial charge in [-0.15, -0.1) is 4.41 Å². The summed E-state index contributed by atoms with van der Waals surface area (Å²) in [7, 11) is -2.15. The van der Waals surface area contributed by atoms with Crippen molar-refractivity contribution in [2.24, 2.45) is 0 Å². The molecule has 0 radical (unpaired) electrons. The van der Waals surface area contributed by atoms with E-state index in [1.807, 2.05) is 6.92 Å². The minimum absolute atomic E-state index is 0.0757. The van der Waals surface area contributed by atoms with Crippen LogP contribution in [0.3, 0.4) is 0 Å². The molecule has 0 aliphatic carbocycles. The lowest BCUT2D eigenvalue weighted by atomic mass is 10.1. The van der Waals surface area contributed by atoms with Gasteiger partial charge in [-0.1, -0.05) is 36.2 Å². The maximum Gasteiger partial charge on any atom is 0.257 e. The normalized spacial score (nSPS) is 23.4. The Morgan fingerprint density at radius 1 is 1.41 bits per heavy atom. The van der Waals surface area contributed by atoms with E-state index in [4.69, 9.17) is 23.2 Å². The van der Waals surface area contributed by atoms with Crippen LogP contribution >= 0.6 is 23.2 Å². The minimum atomic E-state index is -3.61. The van der Waals surface area contributed by atoms with E-state index < -0.39 is 10.0 Å². The lowest BCUT2D eigenvalue weighted by molar-refractivity contribution is 0.291. The minimum Gasteiger partial charge on any atom is -0.234 e. The number of nitrogens with one attached hydrogen (secondary N) is 1. The van der Waals surface area contributed by atoms with Gasteiger partial charge in [0.25, 0.3) is 10.0 Å². The number of nitrogens with zero attached hydrogens (tertiary/aromatic N) is 1. The molecule has 1 unspecified atom stereocenters. The molecule has 0 bridgehead atoms. The summed E-state index contributed by atoms with van der Waals surface area (Å²) in [6.07, 6.45) is 0.755. The molecule has 1 aliphatic rings. The monoisotopic (exact) mass is 294 g/mol. The van der Waals surface area contributed by atoms with Crippen LogP contribution < -0.4 is 5.43 Å². The first-order valence-electron chi connectivity index (χ1n) is 5.12. The van der Waals surface area contributed by atoms with Crippen LogP contribution in [-0.4, -0.2) is 19.9 Å². The molecule has 0 fully saturated rings. The molecule has 0 saturated heterocycles. The molecule has 17 heavy (non-hydrogen) atoms. The van der Waals surface area contributed by atoms with Gasteiger partial charge in [0, 0.05) is 13.1 Å². The molecule has 1 heterocycles. The number of hydrogen-bond donors (Lipinski definition) is 1. The molecule has 4 nitrogen and oxygen atoms in total. The fourth-order valence-corrected chi connectivity index (χ4v) is 3.95. The van der Waals surface area contributed by atoms with Crippen LogP contribution in [0, 0.1) is 0 Å². The Labute approximate surface area is 111 Å². The third-order valence-electron chi connectivity index (χ3n) is 2.82. The van der Waals surface area contributed by atoms with E-state index in [1.165, 1.54) is 7.05 Å². The smallest absolute Gasteiger partial charge is 0.234 e. The number of hydrogen-bond acceptors (Lipinski definition) is 3. The number of hydrazine groups is 1. The number of benzene rings is 1. The highest BCUT2D eigenvalue weighted by Gasteiger charge is 2.36. The molecule has 1 N–H and O–H groups in total. The van der Waals surface area contributed by atoms with Crippen molar-refractivity contribution in [3.8, 4) is 0 Å². The van der Waals surface area contributed by atoms with Crippen LogP contribution in [0.2, 0.25) is 10.0 Å². The largest absolute Gasteiger partial charge is 0.257 e. The lowest BCUT2D eigenvalue weighted by Gasteiger charge is -2.32. The van der Waals surface area contributed by atoms with Gasteiger partial charge in [0.15, 0.2) is 0 Å². The third-order valence-corrected chi connectivity index (χ3v) is 5.52. The van der Waals surface area contributed by atoms with E-state index in [0.29, 0.717) is 5.56 Å². The maximum atomic E-state index is 12.2. The van der Waals surface area contributed by atoms with Crippen molar-refractivity contribution < 1.29 is 8.42 Å². The average Bonchev–Trinajstić information content (AvgIpc) is 2.27. The molecule has 1 aromatic carbocycles. The molecule has 0 saturated carbocycles. The Kier molecular flexibility index (Phi) is 3.40. The Balaban J connectivity index is 2.78. The molecular weight excluding hydrogens is 283 g/mol. The highest BCUT2D eigenvalue weighted by Crippen LogP contribution is 2.39. The summed E-state index contributed by atoms with van der Waals surface area (Å²) in [5.74, 6) is 0. The summed E-state index contributed by atoms with van der Waals surface area (Å²) in [6, 6.07) is 3.25. The first-order valence-corrected chi connectivity index (χ1v) is 7.32. The number of rotatable bonds is 1. The topological polar surface area (TPSA) is 49.4 Å². The molecule has 1 aromatic rings. The average molecular weight is 295 g/mol. The third kappa shape index (κ3) is 1.96. The van der Waals surface area contributed by atoms with Crippen LogP contribution in [0.15, 0.2) is 17.0 Å². The molecule has 0 spiro atoms. The summed E-state index contributed by atoms with van der Waals surface area (Å²) >= 11 is 11.9. The van der Waals surface area contributed by atoms with E-state index in [9.17, 15) is 8.42 Å². The standard InChI is InChI=1S/C10H12Cl2N2O2S/c1-3-8-6-4-5-7(11)9(12)10(6)17(15,16)14(2)13-8/h4-5,8,13H,3H2,1-2H3. The predicted molar refractivity (Wildman–Crippen MR) is 67.6 cm³/mol. The Morgan fingerprint density at radius 2 is 2.06 bits per heavy atom. The lowest BCUT2D eigenvalue weighted by Crippen LogP contribution is -2.46. The van der Waals surface area contributed by atoms with Crippen molar-refractivity contribution >= 4 is 33.2 Å². The SMILES string of the molecule is CCC1NN(C)S(=O)(=O)c2c1ccc(Cl)c2Cl. The van der Waals surface area contributed by atoms with E-state index in [2.05, 4.69) is 5.43 Å². The Hall–Kier alpha value is -0.330. The van der Waals surface area contributed by atoms with Crippen molar-refractivity contribution in [2.75, 3.05) is 7.05 Å². The number of fused-ring (bicyclic) bond motifs is 1. The van der Waals surface area contributed by atoms with E-state index in [1.54, 1.807) is 12.1 Å². The Bertz CT molecular complexity index is 560. The van der Waals surface area contributed by atoms with Crippen LogP contribution in [0.4, 0.5) is 0 Å². The van der Waals surface area contributed by atoms with E-state index in [-0.39, 0.29) is 21.0 Å². The summed E-state index contributed by atoms with van der Waals surface area (Å²) in [5, 5.41) is 0.343. The molecule has 94 valence electrons. The van der Waals surface area contributed by atoms with Crippen molar-refractivity contribution in [2.45, 2.75) is 24.3 Å². The van der Waals surface area contributed by atoms with Crippen LogP contribution in [0.1, 0.15) is 24.9 Å². The zero-order valence-corrected chi connectivity index (χ0v) is 11.7. The van der Waals surface area contributed by atoms with Gasteiger partial charge in [-0.05, 0) is 18.1 Å². The highest BCUT2D eigenvalue weighted by atomic mass is 35.5. The molecule has 0 aromatic heterocycles. The zero-order valence-electron chi connectivity index (χ0n) is 9.37. The molecule has 1 aliphatic heterocycles. The Morgan fingerprint density at radius 3 is 2.65 bits per heavy atom. The quantitative estimate of drug-likeness (QED) is 0.866. The predicted octanol–water partition coefficient (Wildman–Crippen LogP) is 2.58. The van der Waals surface area contributed by atoms with Crippen molar-refractivity contribution in [3.05, 3.63) is 27.7 Å². The first-order chi connectivity index (χ1) is 7.89. The van der Waals surface area contributed by atoms with E-state index >= 15 is 0 Å². The molecule has 7 heteroatoms. The highest BCUT2D eigenvalue weighted by molar-refractivity contribution is 7.89. The molecule has 0 amide bonds. The summed E-state index contributed by atoms with van der Waals surface area (Å²) < 4.78 is 25.4. The first kappa shape index (κ1) is 13.1. The summed E-state index contributed by atoms with van der Waals surface area (Å²) in [4.78, 5) is 0.111. The second kappa shape index (κ2) is 4.40. The van der Waals surface area contributed by atoms with Gasteiger partial charge < -0.3 is 0 Å². The maximum absolute atomic E-state index is 12.2. The van der Waals surface area contributed by atoms with Crippen molar-refractivity contribution in [1.82, 2.24) is 9.84 Å². The number of halogens is 2. The van der Waals surface area contributed by atoms with Gasteiger partial charge in [-0.25, -0.2) is 13.8 Å². The molecular formula is C10H12Cl2N2O2S. The molecule has 2 rings (SSSR count). The van der Waals surface area contributed by atoms with Gasteiger partial charge in [-0.3, -0.25) is 0 Å². The fraction of sp³-hybridized carbons (Fsp3) is 0.400. The van der Waals surface area contributed by atoms with E-state index in [0.717, 1.165) is 10.8 Å². The van der Waals surface area contributed by atoms with Gasteiger partial charge in [-0.2, -0.15) is 0 Å².